The summed E-state index contributed by atoms with van der Waals surface area (Å²) in [5, 5.41) is 5.64. The third-order valence-corrected chi connectivity index (χ3v) is 4.69. The zero-order valence-corrected chi connectivity index (χ0v) is 12.5. The zero-order chi connectivity index (χ0) is 15.2. The van der Waals surface area contributed by atoms with E-state index in [1.807, 2.05) is 19.1 Å². The minimum atomic E-state index is -2.94. The van der Waals surface area contributed by atoms with Crippen molar-refractivity contribution in [1.82, 2.24) is 5.32 Å². The number of carbonyl (C=O) groups is 1. The Morgan fingerprint density at radius 2 is 1.90 bits per heavy atom. The maximum Gasteiger partial charge on any atom is 0.316 e. The highest BCUT2D eigenvalue weighted by Crippen LogP contribution is 2.15. The second-order valence-corrected chi connectivity index (χ2v) is 7.00. The summed E-state index contributed by atoms with van der Waals surface area (Å²) >= 11 is 0. The van der Waals surface area contributed by atoms with Crippen LogP contribution in [0.4, 0.5) is 10.5 Å². The van der Waals surface area contributed by atoms with Crippen molar-refractivity contribution in [3.8, 4) is 0 Å². The molecule has 6 nitrogen and oxygen atoms in total. The molecule has 1 aromatic rings. The Hall–Kier alpha value is -1.60. The predicted octanol–water partition coefficient (Wildman–Crippen LogP) is 1.26. The van der Waals surface area contributed by atoms with Crippen molar-refractivity contribution in [2.45, 2.75) is 19.9 Å². The molecule has 1 unspecified atom stereocenters. The lowest BCUT2D eigenvalue weighted by Crippen LogP contribution is -2.26. The maximum atomic E-state index is 11.4. The number of hydrogen-bond acceptors (Lipinski definition) is 4. The van der Waals surface area contributed by atoms with Crippen molar-refractivity contribution in [3.05, 3.63) is 29.8 Å². The van der Waals surface area contributed by atoms with Crippen LogP contribution in [0.15, 0.2) is 24.3 Å². The number of urea groups is 1. The molecular weight excluding hydrogens is 278 g/mol. The quantitative estimate of drug-likeness (QED) is 0.705. The molecule has 0 radical (unpaired) electrons. The standard InChI is InChI=1S/C13H21N3O3S/c1-3-20(18,19)9-8-15-10(2)11-4-6-12(7-5-11)16-13(14)17/h4-7,10,15H,3,8-9H2,1-2H3,(H3,14,16,17). The Labute approximate surface area is 119 Å². The van der Waals surface area contributed by atoms with Gasteiger partial charge in [0.05, 0.1) is 5.75 Å². The highest BCUT2D eigenvalue weighted by Gasteiger charge is 2.09. The van der Waals surface area contributed by atoms with Crippen LogP contribution in [0.1, 0.15) is 25.5 Å². The van der Waals surface area contributed by atoms with Crippen LogP contribution in [0.2, 0.25) is 0 Å². The van der Waals surface area contributed by atoms with Gasteiger partial charge >= 0.3 is 6.03 Å². The van der Waals surface area contributed by atoms with E-state index in [2.05, 4.69) is 10.6 Å². The Bertz CT molecular complexity index is 540. The molecule has 4 N–H and O–H groups in total. The summed E-state index contributed by atoms with van der Waals surface area (Å²) in [6.45, 7) is 4.01. The summed E-state index contributed by atoms with van der Waals surface area (Å²) in [6, 6.07) is 6.65. The number of amides is 2. The fourth-order valence-corrected chi connectivity index (χ4v) is 2.41. The lowest BCUT2D eigenvalue weighted by molar-refractivity contribution is 0.259. The van der Waals surface area contributed by atoms with Gasteiger partial charge in [-0.2, -0.15) is 0 Å². The van der Waals surface area contributed by atoms with Gasteiger partial charge in [-0.05, 0) is 24.6 Å². The average Bonchev–Trinajstić information content (AvgIpc) is 2.38. The van der Waals surface area contributed by atoms with Crippen LogP contribution >= 0.6 is 0 Å². The highest BCUT2D eigenvalue weighted by atomic mass is 32.2. The average molecular weight is 299 g/mol. The van der Waals surface area contributed by atoms with E-state index in [1.54, 1.807) is 19.1 Å². The first-order chi connectivity index (χ1) is 9.34. The van der Waals surface area contributed by atoms with Crippen molar-refractivity contribution >= 4 is 21.6 Å². The first-order valence-electron chi connectivity index (χ1n) is 6.44. The first-order valence-corrected chi connectivity index (χ1v) is 8.26. The normalized spacial score (nSPS) is 12.9. The van der Waals surface area contributed by atoms with E-state index in [9.17, 15) is 13.2 Å². The number of benzene rings is 1. The molecule has 0 fully saturated rings. The fourth-order valence-electron chi connectivity index (χ4n) is 1.69. The zero-order valence-electron chi connectivity index (χ0n) is 11.7. The van der Waals surface area contributed by atoms with E-state index < -0.39 is 15.9 Å². The molecule has 0 spiro atoms. The number of anilines is 1. The van der Waals surface area contributed by atoms with Crippen LogP contribution in [0.3, 0.4) is 0 Å². The van der Waals surface area contributed by atoms with E-state index in [0.717, 1.165) is 5.56 Å². The van der Waals surface area contributed by atoms with Gasteiger partial charge in [0.2, 0.25) is 0 Å². The molecule has 1 atom stereocenters. The van der Waals surface area contributed by atoms with Crippen molar-refractivity contribution in [3.63, 3.8) is 0 Å². The summed E-state index contributed by atoms with van der Waals surface area (Å²) in [5.41, 5.74) is 6.66. The van der Waals surface area contributed by atoms with Crippen LogP contribution in [-0.4, -0.2) is 32.5 Å². The topological polar surface area (TPSA) is 101 Å². The Balaban J connectivity index is 2.51. The molecule has 0 heterocycles. The van der Waals surface area contributed by atoms with Crippen LogP contribution in [-0.2, 0) is 9.84 Å². The molecule has 0 aliphatic carbocycles. The molecule has 0 saturated heterocycles. The smallest absolute Gasteiger partial charge is 0.316 e. The van der Waals surface area contributed by atoms with Crippen molar-refractivity contribution in [1.29, 1.82) is 0 Å². The Morgan fingerprint density at radius 1 is 1.30 bits per heavy atom. The Kier molecular flexibility index (Phi) is 5.97. The third-order valence-electron chi connectivity index (χ3n) is 2.98. The number of rotatable bonds is 7. The monoisotopic (exact) mass is 299 g/mol. The van der Waals surface area contributed by atoms with Gasteiger partial charge in [0.25, 0.3) is 0 Å². The van der Waals surface area contributed by atoms with Gasteiger partial charge in [-0.3, -0.25) is 0 Å². The lowest BCUT2D eigenvalue weighted by atomic mass is 10.1. The molecule has 2 amide bonds. The minimum absolute atomic E-state index is 0.0321. The second kappa shape index (κ2) is 7.25. The number of primary amides is 1. The van der Waals surface area contributed by atoms with E-state index in [1.165, 1.54) is 0 Å². The molecule has 112 valence electrons. The van der Waals surface area contributed by atoms with Crippen molar-refractivity contribution < 1.29 is 13.2 Å². The fraction of sp³-hybridized carbons (Fsp3) is 0.462. The lowest BCUT2D eigenvalue weighted by Gasteiger charge is -2.14. The predicted molar refractivity (Wildman–Crippen MR) is 80.4 cm³/mol. The van der Waals surface area contributed by atoms with Gasteiger partial charge in [0.1, 0.15) is 0 Å². The molecular formula is C13H21N3O3S. The van der Waals surface area contributed by atoms with Gasteiger partial charge in [-0.1, -0.05) is 19.1 Å². The molecule has 7 heteroatoms. The number of carbonyl (C=O) groups excluding carboxylic acids is 1. The molecule has 0 aliphatic heterocycles. The summed E-state index contributed by atoms with van der Waals surface area (Å²) in [5.74, 6) is 0.297. The largest absolute Gasteiger partial charge is 0.351 e. The molecule has 0 aromatic heterocycles. The maximum absolute atomic E-state index is 11.4. The van der Waals surface area contributed by atoms with E-state index in [0.29, 0.717) is 12.2 Å². The molecule has 0 saturated carbocycles. The molecule has 0 aliphatic rings. The molecule has 1 rings (SSSR count). The SMILES string of the molecule is CCS(=O)(=O)CCNC(C)c1ccc(NC(N)=O)cc1. The second-order valence-electron chi connectivity index (χ2n) is 4.52. The van der Waals surface area contributed by atoms with E-state index in [4.69, 9.17) is 5.73 Å². The summed E-state index contributed by atoms with van der Waals surface area (Å²) in [7, 11) is -2.94. The summed E-state index contributed by atoms with van der Waals surface area (Å²) in [6.07, 6.45) is 0. The first kappa shape index (κ1) is 16.5. The summed E-state index contributed by atoms with van der Waals surface area (Å²) < 4.78 is 22.7. The van der Waals surface area contributed by atoms with Gasteiger partial charge in [0.15, 0.2) is 9.84 Å². The van der Waals surface area contributed by atoms with Crippen molar-refractivity contribution in [2.24, 2.45) is 5.73 Å². The molecule has 1 aromatic carbocycles. The Morgan fingerprint density at radius 3 is 2.40 bits per heavy atom. The number of nitrogens with one attached hydrogen (secondary N) is 2. The number of sulfone groups is 1. The van der Waals surface area contributed by atoms with E-state index >= 15 is 0 Å². The molecule has 0 bridgehead atoms. The minimum Gasteiger partial charge on any atom is -0.351 e. The van der Waals surface area contributed by atoms with E-state index in [-0.39, 0.29) is 17.5 Å². The summed E-state index contributed by atoms with van der Waals surface area (Å²) in [4.78, 5) is 10.7. The van der Waals surface area contributed by atoms with Crippen molar-refractivity contribution in [2.75, 3.05) is 23.4 Å². The van der Waals surface area contributed by atoms with Crippen LogP contribution in [0.25, 0.3) is 0 Å². The van der Waals surface area contributed by atoms with Crippen LogP contribution in [0, 0.1) is 0 Å². The third kappa shape index (κ3) is 5.58. The number of nitrogens with two attached hydrogens (primary N) is 1. The van der Waals surface area contributed by atoms with Gasteiger partial charge in [-0.15, -0.1) is 0 Å². The van der Waals surface area contributed by atoms with Crippen LogP contribution < -0.4 is 16.4 Å². The van der Waals surface area contributed by atoms with Gasteiger partial charge in [-0.25, -0.2) is 13.2 Å². The van der Waals surface area contributed by atoms with Crippen LogP contribution in [0.5, 0.6) is 0 Å². The van der Waals surface area contributed by atoms with Gasteiger partial charge < -0.3 is 16.4 Å². The molecule has 20 heavy (non-hydrogen) atoms. The number of hydrogen-bond donors (Lipinski definition) is 3. The highest BCUT2D eigenvalue weighted by molar-refractivity contribution is 7.91. The van der Waals surface area contributed by atoms with Gasteiger partial charge in [0, 0.05) is 24.0 Å².